The van der Waals surface area contributed by atoms with Crippen LogP contribution >= 0.6 is 15.6 Å². The van der Waals surface area contributed by atoms with Crippen molar-refractivity contribution in [2.24, 2.45) is 0 Å². The molecule has 148 valence electrons. The molecule has 0 unspecified atom stereocenters. The minimum Gasteiger partial charge on any atom is -0.404 e. The van der Waals surface area contributed by atoms with Crippen molar-refractivity contribution < 1.29 is 37.4 Å². The minimum absolute atomic E-state index is 0.167. The molecule has 10 heteroatoms. The van der Waals surface area contributed by atoms with Crippen molar-refractivity contribution in [1.29, 1.82) is 0 Å². The van der Waals surface area contributed by atoms with E-state index in [9.17, 15) is 14.0 Å². The zero-order chi connectivity index (χ0) is 20.5. The van der Waals surface area contributed by atoms with Gasteiger partial charge in [-0.15, -0.1) is 0 Å². The zero-order valence-electron chi connectivity index (χ0n) is 14.4. The molecule has 0 bridgehead atoms. The van der Waals surface area contributed by atoms with Crippen molar-refractivity contribution in [3.05, 3.63) is 91.0 Å². The van der Waals surface area contributed by atoms with Crippen molar-refractivity contribution in [2.75, 3.05) is 0 Å². The summed E-state index contributed by atoms with van der Waals surface area (Å²) in [5, 5.41) is 0. The molecule has 0 saturated heterocycles. The molecular weight excluding hydrogens is 406 g/mol. The largest absolute Gasteiger partial charge is 0.584 e. The van der Waals surface area contributed by atoms with Crippen LogP contribution in [-0.2, 0) is 9.13 Å². The van der Waals surface area contributed by atoms with Crippen LogP contribution in [0.1, 0.15) is 0 Å². The normalized spacial score (nSPS) is 11.0. The van der Waals surface area contributed by atoms with E-state index >= 15 is 0 Å². The van der Waals surface area contributed by atoms with Crippen LogP contribution in [0.4, 0.5) is 0 Å². The van der Waals surface area contributed by atoms with Crippen LogP contribution in [0.2, 0.25) is 0 Å². The zero-order valence-corrected chi connectivity index (χ0v) is 16.2. The molecule has 0 aliphatic heterocycles. The van der Waals surface area contributed by atoms with E-state index in [1.165, 1.54) is 12.1 Å². The van der Waals surface area contributed by atoms with Crippen molar-refractivity contribution >= 4 is 15.6 Å². The molecule has 8 nitrogen and oxygen atoms in total. The Labute approximate surface area is 161 Å². The summed E-state index contributed by atoms with van der Waals surface area (Å²) in [4.78, 5) is 26.3. The predicted octanol–water partition coefficient (Wildman–Crippen LogP) is 4.40. The molecular formula is C18H18O8P2. The molecule has 3 aromatic carbocycles. The van der Waals surface area contributed by atoms with Gasteiger partial charge >= 0.3 is 15.6 Å². The number of benzene rings is 3. The Morgan fingerprint density at radius 2 is 0.786 bits per heavy atom. The SMILES string of the molecule is O=P(O)(O)Oc1ccccc1.O=P(O)(Oc1ccccc1)Oc1ccccc1. The number of hydrogen-bond donors (Lipinski definition) is 3. The molecule has 0 aliphatic carbocycles. The third-order valence-electron chi connectivity index (χ3n) is 2.90. The number of phosphoric ester groups is 2. The van der Waals surface area contributed by atoms with Crippen LogP contribution in [0.3, 0.4) is 0 Å². The first-order valence-electron chi connectivity index (χ1n) is 7.86. The van der Waals surface area contributed by atoms with Gasteiger partial charge in [0.1, 0.15) is 17.2 Å². The molecule has 28 heavy (non-hydrogen) atoms. The number of para-hydroxylation sites is 3. The van der Waals surface area contributed by atoms with Gasteiger partial charge < -0.3 is 13.6 Å². The first kappa shape index (κ1) is 21.7. The van der Waals surface area contributed by atoms with Gasteiger partial charge in [0, 0.05) is 0 Å². The Hall–Kier alpha value is -2.60. The molecule has 0 radical (unpaired) electrons. The van der Waals surface area contributed by atoms with Gasteiger partial charge in [-0.3, -0.25) is 14.7 Å². The Morgan fingerprint density at radius 1 is 0.500 bits per heavy atom. The average Bonchev–Trinajstić information content (AvgIpc) is 2.62. The van der Waals surface area contributed by atoms with Gasteiger partial charge in [-0.1, -0.05) is 54.6 Å². The molecule has 0 heterocycles. The molecule has 3 aromatic rings. The molecule has 3 N–H and O–H groups in total. The van der Waals surface area contributed by atoms with E-state index in [1.807, 2.05) is 0 Å². The number of hydrogen-bond acceptors (Lipinski definition) is 5. The monoisotopic (exact) mass is 424 g/mol. The molecule has 0 aliphatic rings. The number of phosphoric acid groups is 2. The maximum Gasteiger partial charge on any atom is 0.584 e. The molecule has 0 spiro atoms. The summed E-state index contributed by atoms with van der Waals surface area (Å²) >= 11 is 0. The molecule has 0 saturated carbocycles. The lowest BCUT2D eigenvalue weighted by molar-refractivity contribution is 0.282. The van der Waals surface area contributed by atoms with E-state index in [2.05, 4.69) is 4.52 Å². The van der Waals surface area contributed by atoms with E-state index in [0.717, 1.165) is 0 Å². The summed E-state index contributed by atoms with van der Waals surface area (Å²) in [6, 6.07) is 24.6. The first-order chi connectivity index (χ1) is 13.2. The maximum atomic E-state index is 11.7. The Morgan fingerprint density at radius 3 is 1.07 bits per heavy atom. The van der Waals surface area contributed by atoms with Crippen LogP contribution in [0, 0.1) is 0 Å². The first-order valence-corrected chi connectivity index (χ1v) is 10.9. The lowest BCUT2D eigenvalue weighted by Crippen LogP contribution is -1.99. The van der Waals surface area contributed by atoms with Crippen molar-refractivity contribution in [1.82, 2.24) is 0 Å². The lowest BCUT2D eigenvalue weighted by Gasteiger charge is -2.13. The highest BCUT2D eigenvalue weighted by Crippen LogP contribution is 2.44. The summed E-state index contributed by atoms with van der Waals surface area (Å²) in [6.07, 6.45) is 0. The fraction of sp³-hybridized carbons (Fsp3) is 0. The van der Waals surface area contributed by atoms with Crippen LogP contribution in [0.15, 0.2) is 91.0 Å². The highest BCUT2D eigenvalue weighted by atomic mass is 31.2. The Bertz CT molecular complexity index is 884. The highest BCUT2D eigenvalue weighted by Gasteiger charge is 2.24. The number of rotatable bonds is 6. The van der Waals surface area contributed by atoms with Crippen LogP contribution in [-0.4, -0.2) is 14.7 Å². The topological polar surface area (TPSA) is 123 Å². The van der Waals surface area contributed by atoms with Crippen molar-refractivity contribution in [3.63, 3.8) is 0 Å². The van der Waals surface area contributed by atoms with Gasteiger partial charge in [0.2, 0.25) is 0 Å². The van der Waals surface area contributed by atoms with Crippen LogP contribution in [0.25, 0.3) is 0 Å². The Balaban J connectivity index is 0.000000221. The lowest BCUT2D eigenvalue weighted by atomic mass is 10.3. The quantitative estimate of drug-likeness (QED) is 0.498. The fourth-order valence-electron chi connectivity index (χ4n) is 1.87. The molecule has 0 amide bonds. The molecule has 0 fully saturated rings. The molecule has 3 rings (SSSR count). The van der Waals surface area contributed by atoms with Gasteiger partial charge in [0.25, 0.3) is 0 Å². The second kappa shape index (κ2) is 10.1. The summed E-state index contributed by atoms with van der Waals surface area (Å²) in [7, 11) is -8.52. The third-order valence-corrected chi connectivity index (χ3v) is 4.23. The van der Waals surface area contributed by atoms with E-state index in [0.29, 0.717) is 0 Å². The van der Waals surface area contributed by atoms with Gasteiger partial charge in [0.05, 0.1) is 0 Å². The summed E-state index contributed by atoms with van der Waals surface area (Å²) in [5.74, 6) is 0.740. The summed E-state index contributed by atoms with van der Waals surface area (Å²) in [6.45, 7) is 0. The minimum atomic E-state index is -4.39. The third kappa shape index (κ3) is 8.86. The van der Waals surface area contributed by atoms with E-state index in [-0.39, 0.29) is 17.2 Å². The van der Waals surface area contributed by atoms with Gasteiger partial charge in [-0.2, -0.15) is 0 Å². The Kier molecular flexibility index (Phi) is 7.81. The van der Waals surface area contributed by atoms with Crippen LogP contribution in [0.5, 0.6) is 17.2 Å². The maximum absolute atomic E-state index is 11.7. The molecule has 0 aromatic heterocycles. The summed E-state index contributed by atoms with van der Waals surface area (Å²) < 4.78 is 36.0. The summed E-state index contributed by atoms with van der Waals surface area (Å²) in [5.41, 5.74) is 0. The second-order valence-corrected chi connectivity index (χ2v) is 7.64. The standard InChI is InChI=1S/C12H11O4P.C6H7O4P/c13-17(14,15-11-7-3-1-4-8-11)16-12-9-5-2-6-10-12;7-11(8,9)10-6-4-2-1-3-5-6/h1-10H,(H,13,14);1-5H,(H2,7,8,9). The smallest absolute Gasteiger partial charge is 0.404 e. The second-order valence-electron chi connectivity index (χ2n) is 5.17. The van der Waals surface area contributed by atoms with Gasteiger partial charge in [-0.05, 0) is 36.4 Å². The van der Waals surface area contributed by atoms with E-state index in [4.69, 9.17) is 18.8 Å². The van der Waals surface area contributed by atoms with Gasteiger partial charge in [-0.25, -0.2) is 9.13 Å². The van der Waals surface area contributed by atoms with Crippen molar-refractivity contribution in [3.8, 4) is 17.2 Å². The van der Waals surface area contributed by atoms with Gasteiger partial charge in [0.15, 0.2) is 0 Å². The van der Waals surface area contributed by atoms with Crippen LogP contribution < -0.4 is 13.6 Å². The highest BCUT2D eigenvalue weighted by molar-refractivity contribution is 7.48. The predicted molar refractivity (Wildman–Crippen MR) is 103 cm³/mol. The van der Waals surface area contributed by atoms with Crippen molar-refractivity contribution in [2.45, 2.75) is 0 Å². The molecule has 0 atom stereocenters. The average molecular weight is 424 g/mol. The van der Waals surface area contributed by atoms with E-state index in [1.54, 1.807) is 78.9 Å². The fourth-order valence-corrected chi connectivity index (χ4v) is 3.08. The van der Waals surface area contributed by atoms with E-state index < -0.39 is 15.6 Å².